The monoisotopic (exact) mass is 310 g/mol. The zero-order chi connectivity index (χ0) is 15.7. The fourth-order valence-electron chi connectivity index (χ4n) is 2.56. The van der Waals surface area contributed by atoms with E-state index in [-0.39, 0.29) is 0 Å². The van der Waals surface area contributed by atoms with E-state index in [1.807, 2.05) is 47.7 Å². The summed E-state index contributed by atoms with van der Waals surface area (Å²) in [5.74, 6) is 0.741. The third-order valence-corrected chi connectivity index (χ3v) is 4.30. The van der Waals surface area contributed by atoms with Crippen molar-refractivity contribution >= 4 is 34.2 Å². The van der Waals surface area contributed by atoms with E-state index in [4.69, 9.17) is 4.74 Å². The molecular formula is C17H14N2O2S. The number of hydrogen-bond acceptors (Lipinski definition) is 4. The molecule has 0 spiro atoms. The number of benzene rings is 1. The summed E-state index contributed by atoms with van der Waals surface area (Å²) in [4.78, 5) is 11.4. The van der Waals surface area contributed by atoms with E-state index in [0.717, 1.165) is 27.2 Å². The molecule has 0 aliphatic rings. The van der Waals surface area contributed by atoms with Gasteiger partial charge in [-0.05, 0) is 23.3 Å². The molecule has 0 atom stereocenters. The molecular weight excluding hydrogens is 296 g/mol. The van der Waals surface area contributed by atoms with Gasteiger partial charge in [-0.1, -0.05) is 31.2 Å². The van der Waals surface area contributed by atoms with Crippen LogP contribution in [0.2, 0.25) is 0 Å². The maximum Gasteiger partial charge on any atom is 0.308 e. The molecule has 1 aromatic carbocycles. The predicted octanol–water partition coefficient (Wildman–Crippen LogP) is 4.00. The zero-order valence-electron chi connectivity index (χ0n) is 12.3. The highest BCUT2D eigenvalue weighted by atomic mass is 32.2. The van der Waals surface area contributed by atoms with E-state index in [1.165, 1.54) is 6.92 Å². The number of para-hydroxylation sites is 1. The lowest BCUT2D eigenvalue weighted by Crippen LogP contribution is -2.02. The fraction of sp³-hybridized carbons (Fsp3) is 0.176. The normalized spacial score (nSPS) is 10.8. The Labute approximate surface area is 132 Å². The largest absolute Gasteiger partial charge is 0.423 e. The van der Waals surface area contributed by atoms with E-state index in [2.05, 4.69) is 6.07 Å². The molecule has 3 aromatic rings. The van der Waals surface area contributed by atoms with E-state index in [0.29, 0.717) is 11.3 Å². The number of esters is 1. The molecule has 0 unspecified atom stereocenters. The molecule has 0 aliphatic carbocycles. The van der Waals surface area contributed by atoms with Crippen LogP contribution in [-0.2, 0) is 4.79 Å². The molecule has 0 radical (unpaired) electrons. The second-order valence-corrected chi connectivity index (χ2v) is 6.01. The van der Waals surface area contributed by atoms with Crippen molar-refractivity contribution in [3.63, 3.8) is 0 Å². The summed E-state index contributed by atoms with van der Waals surface area (Å²) in [5, 5.41) is 11.4. The van der Waals surface area contributed by atoms with Crippen LogP contribution < -0.4 is 4.74 Å². The number of rotatable bonds is 3. The summed E-state index contributed by atoms with van der Waals surface area (Å²) in [6, 6.07) is 14.0. The molecule has 5 heteroatoms. The lowest BCUT2D eigenvalue weighted by molar-refractivity contribution is -0.131. The third kappa shape index (κ3) is 2.22. The quantitative estimate of drug-likeness (QED) is 0.542. The van der Waals surface area contributed by atoms with E-state index in [1.54, 1.807) is 11.8 Å². The Morgan fingerprint density at radius 3 is 2.73 bits per heavy atom. The van der Waals surface area contributed by atoms with Gasteiger partial charge in [-0.25, -0.2) is 0 Å². The second-order valence-electron chi connectivity index (χ2n) is 4.76. The summed E-state index contributed by atoms with van der Waals surface area (Å²) < 4.78 is 7.33. The fourth-order valence-corrected chi connectivity index (χ4v) is 3.44. The van der Waals surface area contributed by atoms with Gasteiger partial charge in [-0.3, -0.25) is 9.20 Å². The lowest BCUT2D eigenvalue weighted by Gasteiger charge is -2.06. The average molecular weight is 310 g/mol. The number of nitrogens with zero attached hydrogens (tertiary/aromatic N) is 2. The number of hydrogen-bond donors (Lipinski definition) is 0. The minimum absolute atomic E-state index is 0.344. The van der Waals surface area contributed by atoms with Crippen LogP contribution in [0.5, 0.6) is 5.75 Å². The Morgan fingerprint density at radius 1 is 1.27 bits per heavy atom. The molecule has 3 rings (SSSR count). The van der Waals surface area contributed by atoms with E-state index in [9.17, 15) is 10.1 Å². The topological polar surface area (TPSA) is 54.5 Å². The summed E-state index contributed by atoms with van der Waals surface area (Å²) in [5.41, 5.74) is 2.14. The van der Waals surface area contributed by atoms with Gasteiger partial charge in [0.2, 0.25) is 0 Å². The van der Waals surface area contributed by atoms with Crippen LogP contribution in [0.1, 0.15) is 19.4 Å². The van der Waals surface area contributed by atoms with Gasteiger partial charge < -0.3 is 4.74 Å². The van der Waals surface area contributed by atoms with Gasteiger partial charge in [-0.15, -0.1) is 11.8 Å². The number of fused-ring (bicyclic) bond motifs is 3. The van der Waals surface area contributed by atoms with Crippen LogP contribution in [0.25, 0.3) is 16.4 Å². The molecule has 2 heterocycles. The van der Waals surface area contributed by atoms with Crippen molar-refractivity contribution in [1.29, 1.82) is 5.26 Å². The maximum atomic E-state index is 11.4. The number of carbonyl (C=O) groups excluding carboxylic acids is 1. The number of thioether (sulfide) groups is 1. The Balaban J connectivity index is 2.47. The summed E-state index contributed by atoms with van der Waals surface area (Å²) in [6.07, 6.45) is 0. The predicted molar refractivity (Wildman–Crippen MR) is 87.3 cm³/mol. The van der Waals surface area contributed by atoms with E-state index >= 15 is 0 Å². The van der Waals surface area contributed by atoms with Crippen molar-refractivity contribution < 1.29 is 9.53 Å². The molecule has 0 bridgehead atoms. The number of aromatic nitrogens is 1. The zero-order valence-corrected chi connectivity index (χ0v) is 13.1. The molecule has 4 nitrogen and oxygen atoms in total. The first-order valence-corrected chi connectivity index (χ1v) is 7.93. The average Bonchev–Trinajstić information content (AvgIpc) is 2.80. The Kier molecular flexibility index (Phi) is 3.78. The van der Waals surface area contributed by atoms with Crippen molar-refractivity contribution in [3.05, 3.63) is 42.0 Å². The van der Waals surface area contributed by atoms with Gasteiger partial charge in [0.15, 0.2) is 5.75 Å². The van der Waals surface area contributed by atoms with Crippen LogP contribution >= 0.6 is 11.8 Å². The SMILES string of the molecule is CCSc1c(C#N)c(OC(C)=O)c2ccc3ccccc3n12. The molecule has 0 saturated carbocycles. The van der Waals surface area contributed by atoms with Crippen molar-refractivity contribution in [1.82, 2.24) is 4.40 Å². The first kappa shape index (κ1) is 14.5. The second kappa shape index (κ2) is 5.74. The molecule has 0 amide bonds. The minimum Gasteiger partial charge on any atom is -0.423 e. The van der Waals surface area contributed by atoms with Gasteiger partial charge in [-0.2, -0.15) is 5.26 Å². The smallest absolute Gasteiger partial charge is 0.308 e. The molecule has 0 saturated heterocycles. The summed E-state index contributed by atoms with van der Waals surface area (Å²) in [6.45, 7) is 3.38. The van der Waals surface area contributed by atoms with Crippen molar-refractivity contribution in [2.75, 3.05) is 5.75 Å². The molecule has 0 N–H and O–H groups in total. The van der Waals surface area contributed by atoms with Gasteiger partial charge in [0, 0.05) is 6.92 Å². The van der Waals surface area contributed by atoms with Crippen molar-refractivity contribution in [3.8, 4) is 11.8 Å². The van der Waals surface area contributed by atoms with Crippen LogP contribution in [0.15, 0.2) is 41.4 Å². The number of pyridine rings is 1. The maximum absolute atomic E-state index is 11.4. The van der Waals surface area contributed by atoms with Crippen LogP contribution in [0, 0.1) is 11.3 Å². The molecule has 0 aliphatic heterocycles. The first-order chi connectivity index (χ1) is 10.7. The van der Waals surface area contributed by atoms with Crippen LogP contribution in [-0.4, -0.2) is 16.1 Å². The Bertz CT molecular complexity index is 922. The number of ether oxygens (including phenoxy) is 1. The summed E-state index contributed by atoms with van der Waals surface area (Å²) >= 11 is 1.57. The van der Waals surface area contributed by atoms with Crippen molar-refractivity contribution in [2.45, 2.75) is 18.9 Å². The molecule has 0 fully saturated rings. The van der Waals surface area contributed by atoms with E-state index < -0.39 is 5.97 Å². The Hall–Kier alpha value is -2.45. The highest BCUT2D eigenvalue weighted by Gasteiger charge is 2.22. The molecule has 22 heavy (non-hydrogen) atoms. The standard InChI is InChI=1S/C17H14N2O2S/c1-3-22-17-13(10-18)16(21-11(2)20)15-9-8-12-6-4-5-7-14(12)19(15)17/h4-9H,3H2,1-2H3. The molecule has 110 valence electrons. The first-order valence-electron chi connectivity index (χ1n) is 6.94. The van der Waals surface area contributed by atoms with Crippen LogP contribution in [0.4, 0.5) is 0 Å². The number of nitriles is 1. The van der Waals surface area contributed by atoms with Gasteiger partial charge in [0.25, 0.3) is 0 Å². The lowest BCUT2D eigenvalue weighted by atomic mass is 10.2. The van der Waals surface area contributed by atoms with Crippen LogP contribution in [0.3, 0.4) is 0 Å². The highest BCUT2D eigenvalue weighted by Crippen LogP contribution is 2.38. The summed E-state index contributed by atoms with van der Waals surface area (Å²) in [7, 11) is 0. The molecule has 2 aromatic heterocycles. The van der Waals surface area contributed by atoms with Gasteiger partial charge in [0.1, 0.15) is 16.7 Å². The number of carbonyl (C=O) groups is 1. The van der Waals surface area contributed by atoms with Gasteiger partial charge >= 0.3 is 5.97 Å². The highest BCUT2D eigenvalue weighted by molar-refractivity contribution is 7.99. The Morgan fingerprint density at radius 2 is 2.05 bits per heavy atom. The third-order valence-electron chi connectivity index (χ3n) is 3.35. The van der Waals surface area contributed by atoms with Crippen molar-refractivity contribution in [2.24, 2.45) is 0 Å². The minimum atomic E-state index is -0.426. The van der Waals surface area contributed by atoms with Gasteiger partial charge in [0.05, 0.1) is 11.0 Å².